The zero-order valence-electron chi connectivity index (χ0n) is 12.5. The number of rotatable bonds is 3. The van der Waals surface area contributed by atoms with Crippen LogP contribution in [0.4, 0.5) is 11.4 Å². The number of fused-ring (bicyclic) bond motifs is 1. The number of hydrogen-bond acceptors (Lipinski definition) is 4. The van der Waals surface area contributed by atoms with Crippen LogP contribution in [0.1, 0.15) is 12.0 Å². The van der Waals surface area contributed by atoms with Crippen LogP contribution < -0.4 is 14.8 Å². The van der Waals surface area contributed by atoms with Gasteiger partial charge < -0.3 is 10.1 Å². The molecule has 0 fully saturated rings. The maximum Gasteiger partial charge on any atom is 0.261 e. The highest BCUT2D eigenvalue weighted by Gasteiger charge is 2.20. The molecule has 3 rings (SSSR count). The molecule has 0 aliphatic carbocycles. The molecule has 0 unspecified atom stereocenters. The molecule has 7 heteroatoms. The largest absolute Gasteiger partial charge is 0.491 e. The van der Waals surface area contributed by atoms with Crippen LogP contribution in [0.15, 0.2) is 47.4 Å². The second-order valence-electron chi connectivity index (χ2n) is 5.23. The Morgan fingerprint density at radius 2 is 1.96 bits per heavy atom. The predicted molar refractivity (Wildman–Crippen MR) is 87.2 cm³/mol. The first-order valence-electron chi connectivity index (χ1n) is 7.11. The number of benzene rings is 2. The maximum absolute atomic E-state index is 12.5. The summed E-state index contributed by atoms with van der Waals surface area (Å²) in [5.41, 5.74) is 1.70. The molecule has 1 aliphatic rings. The van der Waals surface area contributed by atoms with Crippen molar-refractivity contribution in [2.75, 3.05) is 16.6 Å². The average molecular weight is 332 g/mol. The molecule has 0 atom stereocenters. The van der Waals surface area contributed by atoms with Crippen LogP contribution in [-0.4, -0.2) is 20.9 Å². The molecule has 0 saturated carbocycles. The van der Waals surface area contributed by atoms with Gasteiger partial charge in [0.2, 0.25) is 5.91 Å². The van der Waals surface area contributed by atoms with Gasteiger partial charge in [-0.2, -0.15) is 0 Å². The Morgan fingerprint density at radius 3 is 2.74 bits per heavy atom. The van der Waals surface area contributed by atoms with E-state index in [1.54, 1.807) is 18.2 Å². The van der Waals surface area contributed by atoms with Crippen molar-refractivity contribution in [3.05, 3.63) is 48.0 Å². The van der Waals surface area contributed by atoms with Crippen molar-refractivity contribution in [2.45, 2.75) is 18.2 Å². The molecule has 0 spiro atoms. The van der Waals surface area contributed by atoms with Gasteiger partial charge in [-0.15, -0.1) is 0 Å². The van der Waals surface area contributed by atoms with Gasteiger partial charge in [-0.25, -0.2) is 8.42 Å². The predicted octanol–water partition coefficient (Wildman–Crippen LogP) is 2.52. The van der Waals surface area contributed by atoms with Gasteiger partial charge in [0, 0.05) is 0 Å². The molecule has 2 N–H and O–H groups in total. The van der Waals surface area contributed by atoms with Crippen LogP contribution >= 0.6 is 0 Å². The minimum Gasteiger partial charge on any atom is -0.491 e. The smallest absolute Gasteiger partial charge is 0.261 e. The van der Waals surface area contributed by atoms with Gasteiger partial charge >= 0.3 is 0 Å². The third-order valence-corrected chi connectivity index (χ3v) is 4.87. The second kappa shape index (κ2) is 5.92. The van der Waals surface area contributed by atoms with E-state index in [4.69, 9.17) is 4.74 Å². The lowest BCUT2D eigenvalue weighted by atomic mass is 10.2. The lowest BCUT2D eigenvalue weighted by Crippen LogP contribution is -2.15. The molecule has 6 nitrogen and oxygen atoms in total. The van der Waals surface area contributed by atoms with E-state index in [0.29, 0.717) is 17.1 Å². The van der Waals surface area contributed by atoms with Crippen molar-refractivity contribution in [2.24, 2.45) is 0 Å². The van der Waals surface area contributed by atoms with Crippen LogP contribution in [0.2, 0.25) is 0 Å². The minimum atomic E-state index is -3.76. The molecule has 1 aliphatic heterocycles. The fourth-order valence-corrected chi connectivity index (χ4v) is 3.41. The summed E-state index contributed by atoms with van der Waals surface area (Å²) in [7, 11) is -3.76. The molecule has 23 heavy (non-hydrogen) atoms. The van der Waals surface area contributed by atoms with Crippen molar-refractivity contribution in [1.29, 1.82) is 0 Å². The summed E-state index contributed by atoms with van der Waals surface area (Å²) in [5.74, 6) is 0.260. The van der Waals surface area contributed by atoms with Crippen molar-refractivity contribution >= 4 is 27.3 Å². The van der Waals surface area contributed by atoms with Gasteiger partial charge in [0.05, 0.1) is 29.3 Å². The van der Waals surface area contributed by atoms with Gasteiger partial charge in [-0.3, -0.25) is 9.52 Å². The number of carbonyl (C=O) groups is 1. The first-order valence-corrected chi connectivity index (χ1v) is 8.59. The molecular formula is C16H16N2O4S. The third kappa shape index (κ3) is 3.29. The van der Waals surface area contributed by atoms with E-state index in [-0.39, 0.29) is 23.8 Å². The Hall–Kier alpha value is -2.54. The summed E-state index contributed by atoms with van der Waals surface area (Å²) in [4.78, 5) is 11.6. The molecule has 0 radical (unpaired) electrons. The Bertz CT molecular complexity index is 862. The fraction of sp³-hybridized carbons (Fsp3) is 0.188. The van der Waals surface area contributed by atoms with Crippen LogP contribution in [0.5, 0.6) is 5.75 Å². The van der Waals surface area contributed by atoms with Crippen molar-refractivity contribution in [3.63, 3.8) is 0 Å². The Balaban J connectivity index is 1.95. The van der Waals surface area contributed by atoms with E-state index in [2.05, 4.69) is 10.0 Å². The van der Waals surface area contributed by atoms with Crippen molar-refractivity contribution < 1.29 is 17.9 Å². The average Bonchev–Trinajstić information content (AvgIpc) is 2.69. The summed E-state index contributed by atoms with van der Waals surface area (Å²) in [6.07, 6.45) is 0.234. The molecular weight excluding hydrogens is 316 g/mol. The van der Waals surface area contributed by atoms with Gasteiger partial charge in [-0.1, -0.05) is 18.2 Å². The molecule has 1 amide bonds. The number of sulfonamides is 1. The quantitative estimate of drug-likeness (QED) is 0.904. The second-order valence-corrected chi connectivity index (χ2v) is 6.91. The van der Waals surface area contributed by atoms with Crippen molar-refractivity contribution in [1.82, 2.24) is 0 Å². The molecule has 0 bridgehead atoms. The molecule has 2 aromatic rings. The SMILES string of the molecule is Cc1ccccc1NS(=O)(=O)c1ccc2c(c1)NC(=O)CCO2. The van der Waals surface area contributed by atoms with Gasteiger partial charge in [0.15, 0.2) is 0 Å². The topological polar surface area (TPSA) is 84.5 Å². The van der Waals surface area contributed by atoms with Gasteiger partial charge in [-0.05, 0) is 36.8 Å². The Kier molecular flexibility index (Phi) is 3.96. The molecule has 1 heterocycles. The van der Waals surface area contributed by atoms with Gasteiger partial charge in [0.1, 0.15) is 5.75 Å². The first-order chi connectivity index (χ1) is 11.0. The number of ether oxygens (including phenoxy) is 1. The van der Waals surface area contributed by atoms with Crippen LogP contribution in [0.3, 0.4) is 0 Å². The lowest BCUT2D eigenvalue weighted by molar-refractivity contribution is -0.116. The summed E-state index contributed by atoms with van der Waals surface area (Å²) >= 11 is 0. The highest BCUT2D eigenvalue weighted by atomic mass is 32.2. The number of hydrogen-bond donors (Lipinski definition) is 2. The van der Waals surface area contributed by atoms with E-state index in [0.717, 1.165) is 5.56 Å². The summed E-state index contributed by atoms with van der Waals surface area (Å²) in [6.45, 7) is 2.09. The van der Waals surface area contributed by atoms with E-state index in [9.17, 15) is 13.2 Å². The zero-order chi connectivity index (χ0) is 16.4. The standard InChI is InChI=1S/C16H16N2O4S/c1-11-4-2-3-5-13(11)18-23(20,21)12-6-7-15-14(10-12)17-16(19)8-9-22-15/h2-7,10,18H,8-9H2,1H3,(H,17,19). The summed E-state index contributed by atoms with van der Waals surface area (Å²) in [6, 6.07) is 11.5. The Morgan fingerprint density at radius 1 is 1.17 bits per heavy atom. The number of para-hydroxylation sites is 1. The van der Waals surface area contributed by atoms with Crippen molar-refractivity contribution in [3.8, 4) is 5.75 Å². The van der Waals surface area contributed by atoms with E-state index < -0.39 is 10.0 Å². The number of carbonyl (C=O) groups excluding carboxylic acids is 1. The number of aryl methyl sites for hydroxylation is 1. The van der Waals surface area contributed by atoms with Crippen LogP contribution in [0.25, 0.3) is 0 Å². The number of amides is 1. The number of nitrogens with one attached hydrogen (secondary N) is 2. The van der Waals surface area contributed by atoms with E-state index in [1.165, 1.54) is 12.1 Å². The Labute approximate surface area is 134 Å². The van der Waals surface area contributed by atoms with E-state index >= 15 is 0 Å². The molecule has 2 aromatic carbocycles. The minimum absolute atomic E-state index is 0.0605. The lowest BCUT2D eigenvalue weighted by Gasteiger charge is -2.13. The number of anilines is 2. The maximum atomic E-state index is 12.5. The summed E-state index contributed by atoms with van der Waals surface area (Å²) in [5, 5.41) is 2.65. The fourth-order valence-electron chi connectivity index (χ4n) is 2.26. The normalized spacial score (nSPS) is 14.2. The molecule has 0 saturated heterocycles. The van der Waals surface area contributed by atoms with Crippen LogP contribution in [-0.2, 0) is 14.8 Å². The molecule has 120 valence electrons. The monoisotopic (exact) mass is 332 g/mol. The third-order valence-electron chi connectivity index (χ3n) is 3.51. The highest BCUT2D eigenvalue weighted by Crippen LogP contribution is 2.30. The van der Waals surface area contributed by atoms with E-state index in [1.807, 2.05) is 19.1 Å². The zero-order valence-corrected chi connectivity index (χ0v) is 13.3. The highest BCUT2D eigenvalue weighted by molar-refractivity contribution is 7.92. The van der Waals surface area contributed by atoms with Gasteiger partial charge in [0.25, 0.3) is 10.0 Å². The van der Waals surface area contributed by atoms with Crippen LogP contribution in [0, 0.1) is 6.92 Å². The molecule has 0 aromatic heterocycles. The first kappa shape index (κ1) is 15.4. The summed E-state index contributed by atoms with van der Waals surface area (Å²) < 4.78 is 33.1.